The molecule has 3 nitrogen and oxygen atoms in total. The molecule has 0 spiro atoms. The summed E-state index contributed by atoms with van der Waals surface area (Å²) in [6, 6.07) is 12.3. The van der Waals surface area contributed by atoms with E-state index in [2.05, 4.69) is 28.6 Å². The highest BCUT2D eigenvalue weighted by atomic mass is 32.1. The Morgan fingerprint density at radius 2 is 1.95 bits per heavy atom. The predicted molar refractivity (Wildman–Crippen MR) is 92.1 cm³/mol. The molecule has 1 aromatic carbocycles. The number of fused-ring (bicyclic) bond motifs is 1. The van der Waals surface area contributed by atoms with Gasteiger partial charge in [-0.1, -0.05) is 38.1 Å². The second kappa shape index (κ2) is 5.97. The number of aromatic amines is 1. The van der Waals surface area contributed by atoms with Crippen molar-refractivity contribution in [3.63, 3.8) is 0 Å². The molecule has 0 radical (unpaired) electrons. The number of benzene rings is 1. The van der Waals surface area contributed by atoms with Crippen molar-refractivity contribution in [2.75, 3.05) is 7.05 Å². The van der Waals surface area contributed by atoms with Crippen molar-refractivity contribution >= 4 is 28.1 Å². The molecule has 114 valence electrons. The SMILES string of the molecule is CC(C)C(=O)N(C)C(c1cccs1)c1c[nH]c2ccccc12. The summed E-state index contributed by atoms with van der Waals surface area (Å²) in [4.78, 5) is 18.9. The van der Waals surface area contributed by atoms with E-state index < -0.39 is 0 Å². The van der Waals surface area contributed by atoms with Crippen LogP contribution in [0.5, 0.6) is 0 Å². The molecule has 1 unspecified atom stereocenters. The topological polar surface area (TPSA) is 36.1 Å². The number of carbonyl (C=O) groups excluding carboxylic acids is 1. The van der Waals surface area contributed by atoms with Crippen LogP contribution in [0, 0.1) is 5.92 Å². The monoisotopic (exact) mass is 312 g/mol. The molecule has 22 heavy (non-hydrogen) atoms. The Hall–Kier alpha value is -2.07. The number of H-pyrrole nitrogens is 1. The molecule has 0 fully saturated rings. The van der Waals surface area contributed by atoms with E-state index in [1.165, 1.54) is 10.3 Å². The van der Waals surface area contributed by atoms with E-state index in [0.717, 1.165) is 11.1 Å². The van der Waals surface area contributed by atoms with Crippen LogP contribution in [0.25, 0.3) is 10.9 Å². The third-order valence-corrected chi connectivity index (χ3v) is 4.88. The summed E-state index contributed by atoms with van der Waals surface area (Å²) in [6.07, 6.45) is 2.03. The van der Waals surface area contributed by atoms with Crippen molar-refractivity contribution in [2.45, 2.75) is 19.9 Å². The molecule has 3 aromatic rings. The molecule has 1 atom stereocenters. The molecule has 3 rings (SSSR count). The third kappa shape index (κ3) is 2.55. The smallest absolute Gasteiger partial charge is 0.225 e. The number of carbonyl (C=O) groups is 1. The third-order valence-electron chi connectivity index (χ3n) is 3.96. The summed E-state index contributed by atoms with van der Waals surface area (Å²) in [6.45, 7) is 3.89. The second-order valence-electron chi connectivity index (χ2n) is 5.81. The van der Waals surface area contributed by atoms with E-state index in [-0.39, 0.29) is 17.9 Å². The molecule has 2 heterocycles. The first-order chi connectivity index (χ1) is 10.6. The maximum atomic E-state index is 12.5. The van der Waals surface area contributed by atoms with Gasteiger partial charge in [0.2, 0.25) is 5.91 Å². The lowest BCUT2D eigenvalue weighted by Gasteiger charge is -2.29. The van der Waals surface area contributed by atoms with Crippen molar-refractivity contribution in [1.82, 2.24) is 9.88 Å². The first-order valence-corrected chi connectivity index (χ1v) is 8.33. The molecule has 1 N–H and O–H groups in total. The minimum absolute atomic E-state index is 0.0160. The summed E-state index contributed by atoms with van der Waals surface area (Å²) < 4.78 is 0. The number of hydrogen-bond donors (Lipinski definition) is 1. The number of aromatic nitrogens is 1. The quantitative estimate of drug-likeness (QED) is 0.760. The van der Waals surface area contributed by atoms with Gasteiger partial charge in [0.1, 0.15) is 0 Å². The molecule has 0 saturated carbocycles. The highest BCUT2D eigenvalue weighted by Gasteiger charge is 2.27. The van der Waals surface area contributed by atoms with Crippen LogP contribution in [0.4, 0.5) is 0 Å². The van der Waals surface area contributed by atoms with Crippen LogP contribution < -0.4 is 0 Å². The van der Waals surface area contributed by atoms with Gasteiger partial charge >= 0.3 is 0 Å². The van der Waals surface area contributed by atoms with E-state index >= 15 is 0 Å². The molecule has 0 aliphatic heterocycles. The van der Waals surface area contributed by atoms with Gasteiger partial charge in [0.25, 0.3) is 0 Å². The average molecular weight is 312 g/mol. The van der Waals surface area contributed by atoms with Gasteiger partial charge in [-0.05, 0) is 17.5 Å². The van der Waals surface area contributed by atoms with Gasteiger partial charge in [-0.3, -0.25) is 4.79 Å². The van der Waals surface area contributed by atoms with Gasteiger partial charge in [-0.2, -0.15) is 0 Å². The standard InChI is InChI=1S/C18H20N2OS/c1-12(2)18(21)20(3)17(16-9-6-10-22-16)14-11-19-15-8-5-4-7-13(14)15/h4-12,17,19H,1-3H3. The number of nitrogens with one attached hydrogen (secondary N) is 1. The lowest BCUT2D eigenvalue weighted by atomic mass is 10.0. The molecule has 2 aromatic heterocycles. The summed E-state index contributed by atoms with van der Waals surface area (Å²) >= 11 is 1.69. The number of thiophene rings is 1. The lowest BCUT2D eigenvalue weighted by Crippen LogP contribution is -2.34. The lowest BCUT2D eigenvalue weighted by molar-refractivity contribution is -0.134. The summed E-state index contributed by atoms with van der Waals surface area (Å²) in [7, 11) is 1.90. The zero-order valence-corrected chi connectivity index (χ0v) is 13.9. The van der Waals surface area contributed by atoms with Crippen molar-refractivity contribution < 1.29 is 4.79 Å². The maximum Gasteiger partial charge on any atom is 0.225 e. The van der Waals surface area contributed by atoms with Crippen LogP contribution in [-0.4, -0.2) is 22.8 Å². The van der Waals surface area contributed by atoms with E-state index in [4.69, 9.17) is 0 Å². The summed E-state index contributed by atoms with van der Waals surface area (Å²) in [5.74, 6) is 0.140. The van der Waals surface area contributed by atoms with E-state index in [1.807, 2.05) is 50.2 Å². The minimum atomic E-state index is -0.0500. The zero-order chi connectivity index (χ0) is 15.7. The van der Waals surface area contributed by atoms with E-state index in [1.54, 1.807) is 11.3 Å². The molecule has 0 saturated heterocycles. The normalized spacial score (nSPS) is 12.7. The number of amides is 1. The highest BCUT2D eigenvalue weighted by molar-refractivity contribution is 7.10. The molecular formula is C18H20N2OS. The van der Waals surface area contributed by atoms with Crippen LogP contribution in [-0.2, 0) is 4.79 Å². The van der Waals surface area contributed by atoms with Gasteiger partial charge in [0, 0.05) is 40.5 Å². The van der Waals surface area contributed by atoms with Gasteiger partial charge in [-0.15, -0.1) is 11.3 Å². The number of para-hydroxylation sites is 1. The first kappa shape index (κ1) is 14.9. The van der Waals surface area contributed by atoms with Crippen LogP contribution in [0.3, 0.4) is 0 Å². The Labute approximate surface area is 134 Å². The molecule has 1 amide bonds. The average Bonchev–Trinajstić information content (AvgIpc) is 3.17. The largest absolute Gasteiger partial charge is 0.361 e. The fourth-order valence-electron chi connectivity index (χ4n) is 2.85. The number of nitrogens with zero attached hydrogens (tertiary/aromatic N) is 1. The van der Waals surface area contributed by atoms with Crippen LogP contribution in [0.2, 0.25) is 0 Å². The van der Waals surface area contributed by atoms with Gasteiger partial charge in [0.15, 0.2) is 0 Å². The highest BCUT2D eigenvalue weighted by Crippen LogP contribution is 2.35. The van der Waals surface area contributed by atoms with Crippen LogP contribution in [0.1, 0.15) is 30.3 Å². The van der Waals surface area contributed by atoms with Gasteiger partial charge in [-0.25, -0.2) is 0 Å². The Kier molecular flexibility index (Phi) is 4.03. The van der Waals surface area contributed by atoms with Crippen molar-refractivity contribution in [3.05, 3.63) is 58.4 Å². The van der Waals surface area contributed by atoms with Gasteiger partial charge in [0.05, 0.1) is 6.04 Å². The van der Waals surface area contributed by atoms with Crippen LogP contribution >= 0.6 is 11.3 Å². The van der Waals surface area contributed by atoms with Crippen LogP contribution in [0.15, 0.2) is 48.0 Å². The number of hydrogen-bond acceptors (Lipinski definition) is 2. The summed E-state index contributed by atoms with van der Waals surface area (Å²) in [5.41, 5.74) is 2.25. The Morgan fingerprint density at radius 1 is 1.18 bits per heavy atom. The summed E-state index contributed by atoms with van der Waals surface area (Å²) in [5, 5.41) is 3.23. The number of rotatable bonds is 4. The zero-order valence-electron chi connectivity index (χ0n) is 13.0. The van der Waals surface area contributed by atoms with E-state index in [9.17, 15) is 4.79 Å². The van der Waals surface area contributed by atoms with Crippen molar-refractivity contribution in [1.29, 1.82) is 0 Å². The van der Waals surface area contributed by atoms with Crippen molar-refractivity contribution in [3.8, 4) is 0 Å². The molecule has 0 aliphatic rings. The van der Waals surface area contributed by atoms with E-state index in [0.29, 0.717) is 0 Å². The molecular weight excluding hydrogens is 292 g/mol. The Morgan fingerprint density at radius 3 is 2.64 bits per heavy atom. The minimum Gasteiger partial charge on any atom is -0.361 e. The fraction of sp³-hybridized carbons (Fsp3) is 0.278. The maximum absolute atomic E-state index is 12.5. The Balaban J connectivity index is 2.12. The second-order valence-corrected chi connectivity index (χ2v) is 6.79. The fourth-order valence-corrected chi connectivity index (χ4v) is 3.74. The van der Waals surface area contributed by atoms with Gasteiger partial charge < -0.3 is 9.88 Å². The molecule has 4 heteroatoms. The molecule has 0 bridgehead atoms. The Bertz CT molecular complexity index is 773. The first-order valence-electron chi connectivity index (χ1n) is 7.45. The molecule has 0 aliphatic carbocycles. The predicted octanol–water partition coefficient (Wildman–Crippen LogP) is 4.43. The van der Waals surface area contributed by atoms with Crippen molar-refractivity contribution in [2.24, 2.45) is 5.92 Å².